The van der Waals surface area contributed by atoms with Gasteiger partial charge in [-0.2, -0.15) is 4.37 Å². The van der Waals surface area contributed by atoms with E-state index in [1.807, 2.05) is 0 Å². The number of carbonyl (C=O) groups is 2. The highest BCUT2D eigenvalue weighted by atomic mass is 32.1. The highest BCUT2D eigenvalue weighted by Crippen LogP contribution is 2.39. The van der Waals surface area contributed by atoms with Crippen LogP contribution in [0.25, 0.3) is 0 Å². The first-order valence-corrected chi connectivity index (χ1v) is 8.36. The zero-order valence-corrected chi connectivity index (χ0v) is 12.9. The van der Waals surface area contributed by atoms with Crippen LogP contribution in [0.15, 0.2) is 0 Å². The lowest BCUT2D eigenvalue weighted by atomic mass is 9.89. The molecule has 0 unspecified atom stereocenters. The summed E-state index contributed by atoms with van der Waals surface area (Å²) >= 11 is 1.24. The van der Waals surface area contributed by atoms with Gasteiger partial charge < -0.3 is 15.5 Å². The molecule has 3 N–H and O–H groups in total. The molecule has 1 aliphatic carbocycles. The quantitative estimate of drug-likeness (QED) is 0.759. The van der Waals surface area contributed by atoms with Crippen molar-refractivity contribution in [3.63, 3.8) is 0 Å². The normalized spacial score (nSPS) is 23.3. The van der Waals surface area contributed by atoms with Gasteiger partial charge in [0.1, 0.15) is 5.82 Å². The molecule has 2 aliphatic heterocycles. The summed E-state index contributed by atoms with van der Waals surface area (Å²) in [5, 5.41) is 9.17. The summed E-state index contributed by atoms with van der Waals surface area (Å²) in [5.41, 5.74) is -0.185. The minimum atomic E-state index is -0.185. The number of rotatable bonds is 2. The van der Waals surface area contributed by atoms with Gasteiger partial charge in [0.15, 0.2) is 0 Å². The van der Waals surface area contributed by atoms with Gasteiger partial charge in [0.25, 0.3) is 0 Å². The van der Waals surface area contributed by atoms with E-state index < -0.39 is 0 Å². The molecule has 1 spiro atoms. The van der Waals surface area contributed by atoms with Crippen molar-refractivity contribution < 1.29 is 9.59 Å². The maximum Gasteiger partial charge on any atom is 0.323 e. The van der Waals surface area contributed by atoms with E-state index in [2.05, 4.69) is 25.3 Å². The lowest BCUT2D eigenvalue weighted by Gasteiger charge is -2.38. The number of hydrogen-bond acceptors (Lipinski definition) is 5. The molecule has 4 amide bonds. The first kappa shape index (κ1) is 13.7. The van der Waals surface area contributed by atoms with E-state index in [4.69, 9.17) is 0 Å². The van der Waals surface area contributed by atoms with Crippen LogP contribution in [0.5, 0.6) is 0 Å². The van der Waals surface area contributed by atoms with Crippen LogP contribution in [-0.2, 0) is 0 Å². The SMILES string of the molecule is O=C1NCC2(CCN(C(=O)Nc3nc(C4CC4)ns3)CC2)N1. The van der Waals surface area contributed by atoms with Gasteiger partial charge >= 0.3 is 12.1 Å². The van der Waals surface area contributed by atoms with Gasteiger partial charge in [0.05, 0.1) is 5.54 Å². The fourth-order valence-electron chi connectivity index (χ4n) is 2.98. The van der Waals surface area contributed by atoms with Crippen molar-refractivity contribution in [1.82, 2.24) is 24.9 Å². The molecule has 9 heteroatoms. The Morgan fingerprint density at radius 3 is 2.77 bits per heavy atom. The minimum absolute atomic E-state index is 0.112. The molecule has 0 bridgehead atoms. The maximum atomic E-state index is 12.3. The Labute approximate surface area is 131 Å². The number of carbonyl (C=O) groups excluding carboxylic acids is 2. The second-order valence-electron chi connectivity index (χ2n) is 6.24. The van der Waals surface area contributed by atoms with Crippen LogP contribution >= 0.6 is 11.5 Å². The lowest BCUT2D eigenvalue weighted by molar-refractivity contribution is 0.166. The van der Waals surface area contributed by atoms with Crippen molar-refractivity contribution in [2.24, 2.45) is 0 Å². The van der Waals surface area contributed by atoms with E-state index in [9.17, 15) is 9.59 Å². The number of hydrogen-bond donors (Lipinski definition) is 3. The molecular formula is C13H18N6O2S. The third-order valence-electron chi connectivity index (χ3n) is 4.57. The first-order valence-electron chi connectivity index (χ1n) is 7.59. The van der Waals surface area contributed by atoms with E-state index >= 15 is 0 Å². The summed E-state index contributed by atoms with van der Waals surface area (Å²) in [6, 6.07) is -0.245. The van der Waals surface area contributed by atoms with Crippen LogP contribution in [0, 0.1) is 0 Å². The predicted octanol–water partition coefficient (Wildman–Crippen LogP) is 1.09. The Morgan fingerprint density at radius 2 is 2.14 bits per heavy atom. The van der Waals surface area contributed by atoms with Crippen molar-refractivity contribution >= 4 is 28.7 Å². The summed E-state index contributed by atoms with van der Waals surface area (Å²) in [4.78, 5) is 29.7. The molecule has 0 radical (unpaired) electrons. The maximum absolute atomic E-state index is 12.3. The van der Waals surface area contributed by atoms with Crippen molar-refractivity contribution in [2.45, 2.75) is 37.1 Å². The molecule has 4 rings (SSSR count). The summed E-state index contributed by atoms with van der Waals surface area (Å²) < 4.78 is 4.28. The standard InChI is InChI=1S/C13H18N6O2S/c20-10-14-7-13(17-10)3-5-19(6-4-13)12(21)16-11-15-9(18-22-11)8-1-2-8/h8H,1-7H2,(H2,14,17,20)(H,15,16,18,21). The second kappa shape index (κ2) is 5.08. The zero-order chi connectivity index (χ0) is 15.2. The molecule has 1 aromatic heterocycles. The molecule has 3 fully saturated rings. The Morgan fingerprint density at radius 1 is 1.36 bits per heavy atom. The van der Waals surface area contributed by atoms with Crippen molar-refractivity contribution in [1.29, 1.82) is 0 Å². The van der Waals surface area contributed by atoms with Crippen LogP contribution in [0.1, 0.15) is 37.4 Å². The second-order valence-corrected chi connectivity index (χ2v) is 6.99. The minimum Gasteiger partial charge on any atom is -0.336 e. The molecule has 0 aromatic carbocycles. The number of urea groups is 2. The van der Waals surface area contributed by atoms with Crippen LogP contribution in [0.3, 0.4) is 0 Å². The largest absolute Gasteiger partial charge is 0.336 e. The highest BCUT2D eigenvalue weighted by Gasteiger charge is 2.41. The smallest absolute Gasteiger partial charge is 0.323 e. The van der Waals surface area contributed by atoms with Crippen LogP contribution in [0.4, 0.5) is 14.7 Å². The van der Waals surface area contributed by atoms with Crippen LogP contribution in [0.2, 0.25) is 0 Å². The van der Waals surface area contributed by atoms with Gasteiger partial charge in [-0.15, -0.1) is 0 Å². The van der Waals surface area contributed by atoms with Crippen molar-refractivity contribution in [3.8, 4) is 0 Å². The number of piperidine rings is 1. The lowest BCUT2D eigenvalue weighted by Crippen LogP contribution is -2.54. The van der Waals surface area contributed by atoms with E-state index in [0.717, 1.165) is 31.5 Å². The van der Waals surface area contributed by atoms with Gasteiger partial charge in [-0.25, -0.2) is 14.6 Å². The van der Waals surface area contributed by atoms with Crippen LogP contribution in [-0.4, -0.2) is 51.5 Å². The fourth-order valence-corrected chi connectivity index (χ4v) is 3.62. The first-order chi connectivity index (χ1) is 10.6. The van der Waals surface area contributed by atoms with E-state index in [1.165, 1.54) is 11.5 Å². The molecule has 3 heterocycles. The summed E-state index contributed by atoms with van der Waals surface area (Å²) in [6.07, 6.45) is 3.83. The van der Waals surface area contributed by atoms with Gasteiger partial charge in [0.2, 0.25) is 5.13 Å². The average molecular weight is 322 g/mol. The average Bonchev–Trinajstić information content (AvgIpc) is 3.16. The molecule has 118 valence electrons. The Hall–Kier alpha value is -1.90. The molecule has 1 aromatic rings. The topological polar surface area (TPSA) is 99.3 Å². The molecule has 8 nitrogen and oxygen atoms in total. The molecule has 3 aliphatic rings. The Balaban J connectivity index is 1.32. The van der Waals surface area contributed by atoms with Gasteiger partial charge in [-0.1, -0.05) is 0 Å². The third kappa shape index (κ3) is 2.60. The summed E-state index contributed by atoms with van der Waals surface area (Å²) in [7, 11) is 0. The van der Waals surface area contributed by atoms with E-state index in [1.54, 1.807) is 4.90 Å². The van der Waals surface area contributed by atoms with Crippen molar-refractivity contribution in [3.05, 3.63) is 5.82 Å². The fraction of sp³-hybridized carbons (Fsp3) is 0.692. The number of likely N-dealkylation sites (tertiary alicyclic amines) is 1. The Bertz CT molecular complexity index is 605. The van der Waals surface area contributed by atoms with E-state index in [0.29, 0.717) is 30.7 Å². The number of anilines is 1. The van der Waals surface area contributed by atoms with Gasteiger partial charge in [-0.3, -0.25) is 5.32 Å². The number of aromatic nitrogens is 2. The number of amides is 4. The zero-order valence-electron chi connectivity index (χ0n) is 12.1. The monoisotopic (exact) mass is 322 g/mol. The van der Waals surface area contributed by atoms with Gasteiger partial charge in [-0.05, 0) is 25.7 Å². The summed E-state index contributed by atoms with van der Waals surface area (Å²) in [6.45, 7) is 1.90. The molecule has 2 saturated heterocycles. The van der Waals surface area contributed by atoms with Crippen molar-refractivity contribution in [2.75, 3.05) is 25.0 Å². The van der Waals surface area contributed by atoms with E-state index in [-0.39, 0.29) is 17.6 Å². The molecule has 22 heavy (non-hydrogen) atoms. The highest BCUT2D eigenvalue weighted by molar-refractivity contribution is 7.09. The number of nitrogens with one attached hydrogen (secondary N) is 3. The molecule has 0 atom stereocenters. The Kier molecular flexibility index (Phi) is 3.17. The van der Waals surface area contributed by atoms with Gasteiger partial charge in [0, 0.05) is 37.1 Å². The summed E-state index contributed by atoms with van der Waals surface area (Å²) in [5.74, 6) is 1.35. The third-order valence-corrected chi connectivity index (χ3v) is 5.22. The number of nitrogens with zero attached hydrogens (tertiary/aromatic N) is 3. The van der Waals surface area contributed by atoms with Crippen LogP contribution < -0.4 is 16.0 Å². The molecular weight excluding hydrogens is 304 g/mol. The molecule has 1 saturated carbocycles. The predicted molar refractivity (Wildman–Crippen MR) is 81.0 cm³/mol.